The van der Waals surface area contributed by atoms with Gasteiger partial charge in [-0.25, -0.2) is 0 Å². The minimum Gasteiger partial charge on any atom is -0.399 e. The number of hydrogen-bond donors (Lipinski definition) is 2. The molecule has 1 saturated heterocycles. The van der Waals surface area contributed by atoms with Gasteiger partial charge < -0.3 is 11.1 Å². The predicted molar refractivity (Wildman–Crippen MR) is 77.6 cm³/mol. The second-order valence-electron chi connectivity index (χ2n) is 4.87. The summed E-state index contributed by atoms with van der Waals surface area (Å²) in [4.78, 5) is 5.00. The number of rotatable bonds is 6. The van der Waals surface area contributed by atoms with Crippen LogP contribution in [0.3, 0.4) is 0 Å². The van der Waals surface area contributed by atoms with Gasteiger partial charge in [0.15, 0.2) is 0 Å². The van der Waals surface area contributed by atoms with E-state index >= 15 is 0 Å². The highest BCUT2D eigenvalue weighted by atomic mass is 15.4. The molecule has 1 aliphatic rings. The van der Waals surface area contributed by atoms with E-state index in [-0.39, 0.29) is 0 Å². The van der Waals surface area contributed by atoms with Gasteiger partial charge in [0.05, 0.1) is 6.67 Å². The second-order valence-corrected chi connectivity index (χ2v) is 4.87. The van der Waals surface area contributed by atoms with Crippen molar-refractivity contribution in [2.75, 3.05) is 50.4 Å². The number of nitrogens with zero attached hydrogens (tertiary/aromatic N) is 2. The molecule has 1 aromatic rings. The smallest absolute Gasteiger partial charge is 0.0507 e. The van der Waals surface area contributed by atoms with Gasteiger partial charge in [-0.2, -0.15) is 0 Å². The summed E-state index contributed by atoms with van der Waals surface area (Å²) in [7, 11) is 0. The van der Waals surface area contributed by atoms with E-state index in [1.54, 1.807) is 0 Å². The molecule has 2 rings (SSSR count). The molecule has 0 unspecified atom stereocenters. The van der Waals surface area contributed by atoms with Crippen LogP contribution in [0.1, 0.15) is 13.3 Å². The third-order valence-corrected chi connectivity index (χ3v) is 3.47. The highest BCUT2D eigenvalue weighted by Crippen LogP contribution is 2.10. The molecule has 0 atom stereocenters. The van der Waals surface area contributed by atoms with E-state index in [1.165, 1.54) is 32.6 Å². The number of benzene rings is 1. The molecule has 4 heteroatoms. The van der Waals surface area contributed by atoms with Crippen molar-refractivity contribution in [2.24, 2.45) is 0 Å². The van der Waals surface area contributed by atoms with Crippen LogP contribution in [-0.4, -0.2) is 49.2 Å². The molecular formula is C14H24N4. The Bertz CT molecular complexity index is 349. The topological polar surface area (TPSA) is 44.5 Å². The summed E-state index contributed by atoms with van der Waals surface area (Å²) in [6, 6.07) is 7.93. The normalized spacial score (nSPS) is 17.2. The Hall–Kier alpha value is -1.26. The molecule has 0 radical (unpaired) electrons. The number of hydrogen-bond acceptors (Lipinski definition) is 4. The first-order valence-electron chi connectivity index (χ1n) is 6.82. The van der Waals surface area contributed by atoms with Gasteiger partial charge in [-0.05, 0) is 37.2 Å². The summed E-state index contributed by atoms with van der Waals surface area (Å²) in [6.45, 7) is 9.17. The van der Waals surface area contributed by atoms with Crippen molar-refractivity contribution >= 4 is 11.4 Å². The maximum Gasteiger partial charge on any atom is 0.0507 e. The average Bonchev–Trinajstić information content (AvgIpc) is 2.85. The molecule has 0 aromatic heterocycles. The SMILES string of the molecule is CCN1CCN(CCCNc2ccc(N)cc2)C1. The molecule has 3 N–H and O–H groups in total. The van der Waals surface area contributed by atoms with Gasteiger partial charge in [0, 0.05) is 37.6 Å². The minimum atomic E-state index is 0.817. The third-order valence-electron chi connectivity index (χ3n) is 3.47. The quantitative estimate of drug-likeness (QED) is 0.594. The number of likely N-dealkylation sites (N-methyl/N-ethyl adjacent to an activating group) is 1. The van der Waals surface area contributed by atoms with Crippen LogP contribution >= 0.6 is 0 Å². The summed E-state index contributed by atoms with van der Waals surface area (Å²) in [5, 5.41) is 3.43. The third kappa shape index (κ3) is 3.89. The molecule has 0 amide bonds. The molecule has 100 valence electrons. The van der Waals surface area contributed by atoms with E-state index in [9.17, 15) is 0 Å². The van der Waals surface area contributed by atoms with Crippen LogP contribution in [0, 0.1) is 0 Å². The van der Waals surface area contributed by atoms with Crippen LogP contribution in [0.5, 0.6) is 0 Å². The molecular weight excluding hydrogens is 224 g/mol. The van der Waals surface area contributed by atoms with Crippen LogP contribution in [0.2, 0.25) is 0 Å². The highest BCUT2D eigenvalue weighted by molar-refractivity contribution is 5.51. The maximum atomic E-state index is 5.65. The van der Waals surface area contributed by atoms with E-state index in [1.807, 2.05) is 24.3 Å². The van der Waals surface area contributed by atoms with Crippen LogP contribution < -0.4 is 11.1 Å². The predicted octanol–water partition coefficient (Wildman–Crippen LogP) is 1.67. The lowest BCUT2D eigenvalue weighted by molar-refractivity contribution is 0.253. The van der Waals surface area contributed by atoms with Gasteiger partial charge in [0.1, 0.15) is 0 Å². The number of nitrogens with one attached hydrogen (secondary N) is 1. The monoisotopic (exact) mass is 248 g/mol. The van der Waals surface area contributed by atoms with E-state index < -0.39 is 0 Å². The highest BCUT2D eigenvalue weighted by Gasteiger charge is 2.16. The molecule has 1 aliphatic heterocycles. The Kier molecular flexibility index (Phi) is 4.84. The number of nitrogens with two attached hydrogens (primary N) is 1. The summed E-state index contributed by atoms with van der Waals surface area (Å²) in [5.74, 6) is 0. The molecule has 0 aliphatic carbocycles. The van der Waals surface area contributed by atoms with Gasteiger partial charge >= 0.3 is 0 Å². The lowest BCUT2D eigenvalue weighted by atomic mass is 10.3. The van der Waals surface area contributed by atoms with E-state index in [2.05, 4.69) is 22.0 Å². The summed E-state index contributed by atoms with van der Waals surface area (Å²) >= 11 is 0. The van der Waals surface area contributed by atoms with E-state index in [4.69, 9.17) is 5.73 Å². The van der Waals surface area contributed by atoms with Crippen molar-refractivity contribution in [2.45, 2.75) is 13.3 Å². The van der Waals surface area contributed by atoms with Gasteiger partial charge in [0.25, 0.3) is 0 Å². The minimum absolute atomic E-state index is 0.817. The molecule has 0 bridgehead atoms. The Morgan fingerprint density at radius 1 is 1.17 bits per heavy atom. The molecule has 18 heavy (non-hydrogen) atoms. The maximum absolute atomic E-state index is 5.65. The van der Waals surface area contributed by atoms with Crippen molar-refractivity contribution in [3.05, 3.63) is 24.3 Å². The van der Waals surface area contributed by atoms with Crippen molar-refractivity contribution in [1.29, 1.82) is 0 Å². The Morgan fingerprint density at radius 2 is 1.89 bits per heavy atom. The van der Waals surface area contributed by atoms with E-state index in [0.29, 0.717) is 0 Å². The molecule has 0 saturated carbocycles. The van der Waals surface area contributed by atoms with Crippen molar-refractivity contribution < 1.29 is 0 Å². The average molecular weight is 248 g/mol. The van der Waals surface area contributed by atoms with Crippen LogP contribution in [-0.2, 0) is 0 Å². The van der Waals surface area contributed by atoms with Crippen molar-refractivity contribution in [1.82, 2.24) is 9.80 Å². The molecule has 1 heterocycles. The molecule has 0 spiro atoms. The largest absolute Gasteiger partial charge is 0.399 e. The fraction of sp³-hybridized carbons (Fsp3) is 0.571. The van der Waals surface area contributed by atoms with E-state index in [0.717, 1.165) is 24.6 Å². The summed E-state index contributed by atoms with van der Waals surface area (Å²) in [6.07, 6.45) is 1.18. The van der Waals surface area contributed by atoms with Gasteiger partial charge in [0.2, 0.25) is 0 Å². The lowest BCUT2D eigenvalue weighted by Crippen LogP contribution is -2.27. The Labute approximate surface area is 110 Å². The zero-order valence-electron chi connectivity index (χ0n) is 11.2. The zero-order chi connectivity index (χ0) is 12.8. The molecule has 1 aromatic carbocycles. The van der Waals surface area contributed by atoms with Crippen molar-refractivity contribution in [3.63, 3.8) is 0 Å². The zero-order valence-corrected chi connectivity index (χ0v) is 11.2. The Balaban J connectivity index is 1.60. The van der Waals surface area contributed by atoms with Crippen LogP contribution in [0.15, 0.2) is 24.3 Å². The van der Waals surface area contributed by atoms with Gasteiger partial charge in [-0.3, -0.25) is 9.80 Å². The summed E-state index contributed by atoms with van der Waals surface area (Å²) < 4.78 is 0. The van der Waals surface area contributed by atoms with Crippen molar-refractivity contribution in [3.8, 4) is 0 Å². The first-order valence-corrected chi connectivity index (χ1v) is 6.82. The standard InChI is InChI=1S/C14H24N4/c1-2-17-10-11-18(12-17)9-3-8-16-14-6-4-13(15)5-7-14/h4-7,16H,2-3,8-12,15H2,1H3. The lowest BCUT2D eigenvalue weighted by Gasteiger charge is -2.16. The fourth-order valence-corrected chi connectivity index (χ4v) is 2.28. The summed E-state index contributed by atoms with van der Waals surface area (Å²) in [5.41, 5.74) is 7.62. The fourth-order valence-electron chi connectivity index (χ4n) is 2.28. The number of anilines is 2. The first-order chi connectivity index (χ1) is 8.78. The van der Waals surface area contributed by atoms with Gasteiger partial charge in [-0.15, -0.1) is 0 Å². The molecule has 1 fully saturated rings. The first kappa shape index (κ1) is 13.2. The van der Waals surface area contributed by atoms with Gasteiger partial charge in [-0.1, -0.05) is 6.92 Å². The second kappa shape index (κ2) is 6.61. The van der Waals surface area contributed by atoms with Crippen LogP contribution in [0.4, 0.5) is 11.4 Å². The Morgan fingerprint density at radius 3 is 2.56 bits per heavy atom. The van der Waals surface area contributed by atoms with Crippen LogP contribution in [0.25, 0.3) is 0 Å². The number of nitrogen functional groups attached to an aromatic ring is 1. The molecule has 4 nitrogen and oxygen atoms in total.